The van der Waals surface area contributed by atoms with Gasteiger partial charge < -0.3 is 10.4 Å². The summed E-state index contributed by atoms with van der Waals surface area (Å²) in [4.78, 5) is 33.0. The first-order valence-corrected chi connectivity index (χ1v) is 6.56. The minimum Gasteiger partial charge on any atom is -0.480 e. The lowest BCUT2D eigenvalue weighted by Gasteiger charge is -2.13. The number of aliphatic carboxylic acids is 1. The normalized spacial score (nSPS) is 11.2. The second-order valence-electron chi connectivity index (χ2n) is 4.61. The van der Waals surface area contributed by atoms with E-state index in [1.54, 1.807) is 6.07 Å². The number of non-ortho nitro benzene ring substituents is 1. The highest BCUT2D eigenvalue weighted by atomic mass is 16.6. The van der Waals surface area contributed by atoms with E-state index in [9.17, 15) is 19.7 Å². The van der Waals surface area contributed by atoms with E-state index in [2.05, 4.69) is 5.32 Å². The Labute approximate surface area is 126 Å². The summed E-state index contributed by atoms with van der Waals surface area (Å²) in [5.74, 6) is -1.71. The van der Waals surface area contributed by atoms with Crippen molar-refractivity contribution in [2.45, 2.75) is 31.7 Å². The first-order valence-electron chi connectivity index (χ1n) is 6.56. The summed E-state index contributed by atoms with van der Waals surface area (Å²) in [6.07, 6.45) is 0.586. The van der Waals surface area contributed by atoms with Gasteiger partial charge in [0.2, 0.25) is 5.91 Å². The molecule has 0 saturated heterocycles. The third kappa shape index (κ3) is 5.58. The molecule has 116 valence electrons. The lowest BCUT2D eigenvalue weighted by Crippen LogP contribution is -2.41. The summed E-state index contributed by atoms with van der Waals surface area (Å²) in [6.45, 7) is 0. The second-order valence-corrected chi connectivity index (χ2v) is 4.61. The number of carbonyl (C=O) groups is 2. The standard InChI is InChI=1S/C14H15N3O5/c15-7-2-1-6-12(14(19)20)16-13(18)9-10-4-3-5-11(8-10)17(21)22/h3-5,8,12H,1-2,6,9H2,(H,16,18)(H,19,20)/t12-/m1/s1. The van der Waals surface area contributed by atoms with Crippen LogP contribution in [0.15, 0.2) is 24.3 Å². The Morgan fingerprint density at radius 3 is 2.77 bits per heavy atom. The Bertz CT molecular complexity index is 609. The fourth-order valence-electron chi connectivity index (χ4n) is 1.85. The number of nitro groups is 1. The number of nitro benzene ring substituents is 1. The molecule has 0 aromatic heterocycles. The van der Waals surface area contributed by atoms with Gasteiger partial charge in [-0.1, -0.05) is 12.1 Å². The van der Waals surface area contributed by atoms with Crippen LogP contribution in [0.4, 0.5) is 5.69 Å². The highest BCUT2D eigenvalue weighted by Gasteiger charge is 2.19. The molecule has 0 aliphatic heterocycles. The first kappa shape index (κ1) is 17.1. The van der Waals surface area contributed by atoms with Gasteiger partial charge in [-0.2, -0.15) is 5.26 Å². The van der Waals surface area contributed by atoms with Crippen LogP contribution in [0.1, 0.15) is 24.8 Å². The average Bonchev–Trinajstić information content (AvgIpc) is 2.46. The van der Waals surface area contributed by atoms with Gasteiger partial charge in [0.25, 0.3) is 5.69 Å². The Hall–Kier alpha value is -2.95. The maximum atomic E-state index is 11.8. The van der Waals surface area contributed by atoms with Crippen LogP contribution in [-0.2, 0) is 16.0 Å². The van der Waals surface area contributed by atoms with Crippen molar-refractivity contribution in [2.75, 3.05) is 0 Å². The zero-order valence-corrected chi connectivity index (χ0v) is 11.7. The van der Waals surface area contributed by atoms with Gasteiger partial charge in [0.1, 0.15) is 6.04 Å². The molecule has 0 aliphatic rings. The molecule has 22 heavy (non-hydrogen) atoms. The molecule has 0 unspecified atom stereocenters. The second kappa shape index (κ2) is 8.36. The van der Waals surface area contributed by atoms with Crippen molar-refractivity contribution in [1.29, 1.82) is 5.26 Å². The number of amides is 1. The van der Waals surface area contributed by atoms with E-state index in [1.165, 1.54) is 18.2 Å². The SMILES string of the molecule is N#CCCC[C@@H](NC(=O)Cc1cccc([N+](=O)[O-])c1)C(=O)O. The molecule has 0 radical (unpaired) electrons. The summed E-state index contributed by atoms with van der Waals surface area (Å²) >= 11 is 0. The van der Waals surface area contributed by atoms with Gasteiger partial charge in [0, 0.05) is 18.6 Å². The number of carbonyl (C=O) groups excluding carboxylic acids is 1. The van der Waals surface area contributed by atoms with E-state index in [4.69, 9.17) is 10.4 Å². The molecule has 0 aliphatic carbocycles. The molecular formula is C14H15N3O5. The number of rotatable bonds is 8. The lowest BCUT2D eigenvalue weighted by molar-refractivity contribution is -0.384. The topological polar surface area (TPSA) is 133 Å². The molecule has 8 nitrogen and oxygen atoms in total. The Morgan fingerprint density at radius 2 is 2.18 bits per heavy atom. The molecule has 1 aromatic carbocycles. The number of nitrogens with zero attached hydrogens (tertiary/aromatic N) is 2. The highest BCUT2D eigenvalue weighted by molar-refractivity contribution is 5.84. The maximum absolute atomic E-state index is 11.8. The predicted molar refractivity (Wildman–Crippen MR) is 75.8 cm³/mol. The number of unbranched alkanes of at least 4 members (excludes halogenated alkanes) is 1. The number of carboxylic acids is 1. The number of nitrogens with one attached hydrogen (secondary N) is 1. The van der Waals surface area contributed by atoms with Crippen molar-refractivity contribution in [1.82, 2.24) is 5.32 Å². The fourth-order valence-corrected chi connectivity index (χ4v) is 1.85. The molecular weight excluding hydrogens is 290 g/mol. The van der Waals surface area contributed by atoms with Crippen molar-refractivity contribution in [3.05, 3.63) is 39.9 Å². The molecule has 1 rings (SSSR count). The molecule has 1 aromatic rings. The van der Waals surface area contributed by atoms with Gasteiger partial charge in [-0.3, -0.25) is 14.9 Å². The summed E-state index contributed by atoms with van der Waals surface area (Å²) in [5, 5.41) is 30.5. The van der Waals surface area contributed by atoms with Gasteiger partial charge >= 0.3 is 5.97 Å². The van der Waals surface area contributed by atoms with Crippen molar-refractivity contribution < 1.29 is 19.6 Å². The zero-order valence-electron chi connectivity index (χ0n) is 11.7. The van der Waals surface area contributed by atoms with Crippen LogP contribution in [0, 0.1) is 21.4 Å². The molecule has 2 N–H and O–H groups in total. The molecule has 0 fully saturated rings. The smallest absolute Gasteiger partial charge is 0.326 e. The summed E-state index contributed by atoms with van der Waals surface area (Å²) < 4.78 is 0. The minimum atomic E-state index is -1.18. The average molecular weight is 305 g/mol. The van der Waals surface area contributed by atoms with Crippen LogP contribution in [0.25, 0.3) is 0 Å². The predicted octanol–water partition coefficient (Wildman–Crippen LogP) is 1.40. The van der Waals surface area contributed by atoms with Crippen LogP contribution < -0.4 is 5.32 Å². The Morgan fingerprint density at radius 1 is 1.45 bits per heavy atom. The van der Waals surface area contributed by atoms with Crippen molar-refractivity contribution in [3.8, 4) is 6.07 Å². The van der Waals surface area contributed by atoms with Crippen molar-refractivity contribution in [3.63, 3.8) is 0 Å². The van der Waals surface area contributed by atoms with Crippen LogP contribution in [0.2, 0.25) is 0 Å². The Balaban J connectivity index is 2.63. The third-order valence-electron chi connectivity index (χ3n) is 2.90. The molecule has 0 spiro atoms. The van der Waals surface area contributed by atoms with Gasteiger partial charge in [-0.15, -0.1) is 0 Å². The first-order chi connectivity index (χ1) is 10.4. The number of hydrogen-bond acceptors (Lipinski definition) is 5. The molecule has 8 heteroatoms. The highest BCUT2D eigenvalue weighted by Crippen LogP contribution is 2.13. The van der Waals surface area contributed by atoms with Gasteiger partial charge in [-0.25, -0.2) is 4.79 Å². The van der Waals surface area contributed by atoms with Crippen LogP contribution in [0.5, 0.6) is 0 Å². The van der Waals surface area contributed by atoms with Gasteiger partial charge in [-0.05, 0) is 18.4 Å². The summed E-state index contributed by atoms with van der Waals surface area (Å²) in [7, 11) is 0. The quantitative estimate of drug-likeness (QED) is 0.423. The van der Waals surface area contributed by atoms with Crippen LogP contribution in [-0.4, -0.2) is 27.9 Å². The third-order valence-corrected chi connectivity index (χ3v) is 2.90. The largest absolute Gasteiger partial charge is 0.480 e. The molecule has 0 heterocycles. The molecule has 1 atom stereocenters. The van der Waals surface area contributed by atoms with E-state index in [1.807, 2.05) is 6.07 Å². The molecule has 1 amide bonds. The van der Waals surface area contributed by atoms with Gasteiger partial charge in [0.15, 0.2) is 0 Å². The molecule has 0 bridgehead atoms. The van der Waals surface area contributed by atoms with Gasteiger partial charge in [0.05, 0.1) is 17.4 Å². The number of nitriles is 1. The maximum Gasteiger partial charge on any atom is 0.326 e. The van der Waals surface area contributed by atoms with Crippen LogP contribution in [0.3, 0.4) is 0 Å². The monoisotopic (exact) mass is 305 g/mol. The number of carboxylic acid groups (broad SMARTS) is 1. The summed E-state index contributed by atoms with van der Waals surface area (Å²) in [6, 6.07) is 6.42. The van der Waals surface area contributed by atoms with E-state index in [0.717, 1.165) is 0 Å². The lowest BCUT2D eigenvalue weighted by atomic mass is 10.1. The van der Waals surface area contributed by atoms with Crippen molar-refractivity contribution >= 4 is 17.6 Å². The number of hydrogen-bond donors (Lipinski definition) is 2. The minimum absolute atomic E-state index is 0.130. The summed E-state index contributed by atoms with van der Waals surface area (Å²) in [5.41, 5.74) is 0.293. The zero-order chi connectivity index (χ0) is 16.5. The van der Waals surface area contributed by atoms with Crippen LogP contribution >= 0.6 is 0 Å². The van der Waals surface area contributed by atoms with E-state index < -0.39 is 22.8 Å². The molecule has 0 saturated carbocycles. The van der Waals surface area contributed by atoms with E-state index >= 15 is 0 Å². The fraction of sp³-hybridized carbons (Fsp3) is 0.357. The van der Waals surface area contributed by atoms with Crippen molar-refractivity contribution in [2.24, 2.45) is 0 Å². The van der Waals surface area contributed by atoms with E-state index in [0.29, 0.717) is 12.0 Å². The Kier molecular flexibility index (Phi) is 6.50. The van der Waals surface area contributed by atoms with E-state index in [-0.39, 0.29) is 24.9 Å². The number of benzene rings is 1.